The summed E-state index contributed by atoms with van der Waals surface area (Å²) in [5.41, 5.74) is 0.815. The number of β-amino-alcohol motifs (C(OH)–C–C–N with tert-alkyl or cyclic N) is 1. The molecule has 2 N–H and O–H groups in total. The molecule has 0 spiro atoms. The molecule has 2 rings (SSSR count). The lowest BCUT2D eigenvalue weighted by Crippen LogP contribution is -2.49. The number of aromatic nitrogens is 1. The van der Waals surface area contributed by atoms with E-state index in [1.807, 2.05) is 6.92 Å². The van der Waals surface area contributed by atoms with Gasteiger partial charge in [0.25, 0.3) is 11.8 Å². The molecule has 1 saturated heterocycles. The van der Waals surface area contributed by atoms with Gasteiger partial charge in [-0.3, -0.25) is 19.5 Å². The smallest absolute Gasteiger partial charge is 0.272 e. The Bertz CT molecular complexity index is 531. The minimum atomic E-state index is -0.170. The molecular weight excluding hydrogens is 332 g/mol. The molecule has 2 heterocycles. The van der Waals surface area contributed by atoms with Crippen LogP contribution in [0.5, 0.6) is 0 Å². The zero-order valence-corrected chi connectivity index (χ0v) is 14.7. The molecule has 0 unspecified atom stereocenters. The van der Waals surface area contributed by atoms with Crippen molar-refractivity contribution in [3.63, 3.8) is 0 Å². The largest absolute Gasteiger partial charge is 0.395 e. The highest BCUT2D eigenvalue weighted by atomic mass is 35.5. The van der Waals surface area contributed by atoms with E-state index in [9.17, 15) is 9.59 Å². The average molecular weight is 357 g/mol. The summed E-state index contributed by atoms with van der Waals surface area (Å²) in [7, 11) is 0. The van der Waals surface area contributed by atoms with Gasteiger partial charge >= 0.3 is 0 Å². The molecule has 0 radical (unpaired) electrons. The number of aliphatic hydroxyl groups is 1. The summed E-state index contributed by atoms with van der Waals surface area (Å²) in [6.07, 6.45) is 2.32. The molecular formula is C16H25ClN4O3. The Morgan fingerprint density at radius 3 is 2.50 bits per heavy atom. The molecule has 2 amide bonds. The van der Waals surface area contributed by atoms with Gasteiger partial charge in [-0.25, -0.2) is 0 Å². The number of piperazine rings is 1. The van der Waals surface area contributed by atoms with Crippen molar-refractivity contribution in [2.45, 2.75) is 13.3 Å². The summed E-state index contributed by atoms with van der Waals surface area (Å²) in [6.45, 7) is 6.14. The highest BCUT2D eigenvalue weighted by molar-refractivity contribution is 5.96. The molecule has 0 aliphatic carbocycles. The first-order valence-corrected chi connectivity index (χ1v) is 8.02. The van der Waals surface area contributed by atoms with E-state index in [2.05, 4.69) is 15.2 Å². The first kappa shape index (κ1) is 20.3. The molecule has 0 atom stereocenters. The number of carbonyl (C=O) groups is 2. The van der Waals surface area contributed by atoms with Gasteiger partial charge in [0, 0.05) is 45.5 Å². The van der Waals surface area contributed by atoms with Crippen LogP contribution in [0.3, 0.4) is 0 Å². The van der Waals surface area contributed by atoms with Crippen molar-refractivity contribution < 1.29 is 14.7 Å². The Morgan fingerprint density at radius 2 is 1.96 bits per heavy atom. The van der Waals surface area contributed by atoms with Crippen molar-refractivity contribution in [3.8, 4) is 0 Å². The van der Waals surface area contributed by atoms with Crippen LogP contribution in [0.4, 0.5) is 0 Å². The van der Waals surface area contributed by atoms with Gasteiger partial charge in [0.1, 0.15) is 5.69 Å². The number of carbonyl (C=O) groups excluding carboxylic acids is 2. The monoisotopic (exact) mass is 356 g/mol. The van der Waals surface area contributed by atoms with Crippen LogP contribution in [0.1, 0.15) is 34.2 Å². The van der Waals surface area contributed by atoms with Crippen molar-refractivity contribution in [3.05, 3.63) is 29.6 Å². The van der Waals surface area contributed by atoms with Crippen LogP contribution in [0.25, 0.3) is 0 Å². The van der Waals surface area contributed by atoms with Crippen LogP contribution in [-0.2, 0) is 0 Å². The second kappa shape index (κ2) is 10.2. The van der Waals surface area contributed by atoms with Crippen molar-refractivity contribution in [2.75, 3.05) is 45.9 Å². The Balaban J connectivity index is 0.00000288. The normalized spacial score (nSPS) is 14.8. The predicted molar refractivity (Wildman–Crippen MR) is 93.5 cm³/mol. The number of rotatable bonds is 6. The van der Waals surface area contributed by atoms with Crippen molar-refractivity contribution >= 4 is 24.2 Å². The molecule has 7 nitrogen and oxygen atoms in total. The fraction of sp³-hybridized carbons (Fsp3) is 0.562. The van der Waals surface area contributed by atoms with E-state index in [0.717, 1.165) is 19.5 Å². The van der Waals surface area contributed by atoms with Gasteiger partial charge in [0.2, 0.25) is 0 Å². The number of hydrogen-bond donors (Lipinski definition) is 2. The lowest BCUT2D eigenvalue weighted by molar-refractivity contribution is 0.0609. The maximum Gasteiger partial charge on any atom is 0.272 e. The van der Waals surface area contributed by atoms with Crippen LogP contribution < -0.4 is 5.32 Å². The fourth-order valence-electron chi connectivity index (χ4n) is 2.47. The highest BCUT2D eigenvalue weighted by Crippen LogP contribution is 2.08. The van der Waals surface area contributed by atoms with Crippen LogP contribution in [0, 0.1) is 0 Å². The Kier molecular flexibility index (Phi) is 8.67. The SMILES string of the molecule is CCCNC(=O)c1ccc(C(=O)N2CCN(CCO)CC2)nc1.Cl. The van der Waals surface area contributed by atoms with Gasteiger partial charge in [-0.15, -0.1) is 12.4 Å². The van der Waals surface area contributed by atoms with Crippen LogP contribution in [-0.4, -0.2) is 77.6 Å². The van der Waals surface area contributed by atoms with Crippen LogP contribution in [0.2, 0.25) is 0 Å². The highest BCUT2D eigenvalue weighted by Gasteiger charge is 2.22. The third-order valence-electron chi connectivity index (χ3n) is 3.86. The Labute approximate surface area is 148 Å². The summed E-state index contributed by atoms with van der Waals surface area (Å²) in [6, 6.07) is 3.23. The summed E-state index contributed by atoms with van der Waals surface area (Å²) in [5.74, 6) is -0.287. The van der Waals surface area contributed by atoms with Gasteiger partial charge in [-0.1, -0.05) is 6.92 Å². The zero-order valence-electron chi connectivity index (χ0n) is 13.9. The molecule has 1 aliphatic rings. The first-order chi connectivity index (χ1) is 11.2. The Morgan fingerprint density at radius 1 is 1.25 bits per heavy atom. The molecule has 0 aromatic carbocycles. The zero-order chi connectivity index (χ0) is 16.7. The molecule has 0 bridgehead atoms. The number of nitrogens with one attached hydrogen (secondary N) is 1. The van der Waals surface area contributed by atoms with Crippen molar-refractivity contribution in [1.82, 2.24) is 20.1 Å². The van der Waals surface area contributed by atoms with E-state index in [1.165, 1.54) is 6.20 Å². The number of aliphatic hydroxyl groups excluding tert-OH is 1. The third kappa shape index (κ3) is 5.43. The van der Waals surface area contributed by atoms with Crippen molar-refractivity contribution in [2.24, 2.45) is 0 Å². The number of hydrogen-bond acceptors (Lipinski definition) is 5. The molecule has 24 heavy (non-hydrogen) atoms. The van der Waals surface area contributed by atoms with Gasteiger partial charge in [0.15, 0.2) is 0 Å². The molecule has 1 aliphatic heterocycles. The molecule has 1 fully saturated rings. The van der Waals surface area contributed by atoms with E-state index >= 15 is 0 Å². The minimum Gasteiger partial charge on any atom is -0.395 e. The third-order valence-corrected chi connectivity index (χ3v) is 3.86. The van der Waals surface area contributed by atoms with E-state index in [1.54, 1.807) is 17.0 Å². The number of pyridine rings is 1. The first-order valence-electron chi connectivity index (χ1n) is 8.02. The van der Waals surface area contributed by atoms with E-state index in [-0.39, 0.29) is 30.8 Å². The maximum atomic E-state index is 12.4. The molecule has 1 aromatic heterocycles. The summed E-state index contributed by atoms with van der Waals surface area (Å²) >= 11 is 0. The molecule has 8 heteroatoms. The van der Waals surface area contributed by atoms with E-state index in [0.29, 0.717) is 37.4 Å². The van der Waals surface area contributed by atoms with Gasteiger partial charge < -0.3 is 15.3 Å². The quantitative estimate of drug-likeness (QED) is 0.770. The Hall–Kier alpha value is -1.70. The summed E-state index contributed by atoms with van der Waals surface area (Å²) in [4.78, 5) is 32.2. The second-order valence-electron chi connectivity index (χ2n) is 5.55. The minimum absolute atomic E-state index is 0. The molecule has 0 saturated carbocycles. The topological polar surface area (TPSA) is 85.8 Å². The fourth-order valence-corrected chi connectivity index (χ4v) is 2.47. The molecule has 134 valence electrons. The van der Waals surface area contributed by atoms with E-state index in [4.69, 9.17) is 5.11 Å². The number of halogens is 1. The van der Waals surface area contributed by atoms with Crippen LogP contribution >= 0.6 is 12.4 Å². The summed E-state index contributed by atoms with van der Waals surface area (Å²) < 4.78 is 0. The molecule has 1 aromatic rings. The second-order valence-corrected chi connectivity index (χ2v) is 5.55. The lowest BCUT2D eigenvalue weighted by atomic mass is 10.2. The van der Waals surface area contributed by atoms with Gasteiger partial charge in [-0.2, -0.15) is 0 Å². The van der Waals surface area contributed by atoms with Gasteiger partial charge in [-0.05, 0) is 18.6 Å². The van der Waals surface area contributed by atoms with Crippen molar-refractivity contribution in [1.29, 1.82) is 0 Å². The number of nitrogens with zero attached hydrogens (tertiary/aromatic N) is 3. The maximum absolute atomic E-state index is 12.4. The summed E-state index contributed by atoms with van der Waals surface area (Å²) in [5, 5.41) is 11.7. The predicted octanol–water partition coefficient (Wildman–Crippen LogP) is 0.393. The number of amides is 2. The van der Waals surface area contributed by atoms with Gasteiger partial charge in [0.05, 0.1) is 12.2 Å². The average Bonchev–Trinajstić information content (AvgIpc) is 2.60. The standard InChI is InChI=1S/C16H24N4O3.ClH/c1-2-5-17-15(22)13-3-4-14(18-12-13)16(23)20-8-6-19(7-9-20)10-11-21;/h3-4,12,21H,2,5-11H2,1H3,(H,17,22);1H. The van der Waals surface area contributed by atoms with Crippen LogP contribution in [0.15, 0.2) is 18.3 Å². The lowest BCUT2D eigenvalue weighted by Gasteiger charge is -2.34. The van der Waals surface area contributed by atoms with E-state index < -0.39 is 0 Å².